The zero-order valence-electron chi connectivity index (χ0n) is 11.0. The second-order valence-electron chi connectivity index (χ2n) is 3.86. The van der Waals surface area contributed by atoms with Crippen LogP contribution in [0.5, 0.6) is 0 Å². The molecule has 3 aromatic rings. The number of aromatic nitrogens is 6. The molecule has 0 aliphatic rings. The Morgan fingerprint density at radius 3 is 3.10 bits per heavy atom. The topological polar surface area (TPSA) is 109 Å². The minimum absolute atomic E-state index is 0.00674. The van der Waals surface area contributed by atoms with Gasteiger partial charge < -0.3 is 9.15 Å². The number of ether oxygens (including phenoxy) is 1. The van der Waals surface area contributed by atoms with Gasteiger partial charge in [-0.2, -0.15) is 0 Å². The third-order valence-corrected chi connectivity index (χ3v) is 3.33. The lowest BCUT2D eigenvalue weighted by atomic mass is 10.5. The first-order chi connectivity index (χ1) is 10.3. The molecule has 108 valence electrons. The van der Waals surface area contributed by atoms with Gasteiger partial charge in [-0.05, 0) is 28.8 Å². The lowest BCUT2D eigenvalue weighted by molar-refractivity contribution is 0.0504. The summed E-state index contributed by atoms with van der Waals surface area (Å²) in [6.45, 7) is 2.05. The fourth-order valence-electron chi connectivity index (χ4n) is 1.60. The predicted octanol–water partition coefficient (Wildman–Crippen LogP) is 1.01. The lowest BCUT2D eigenvalue weighted by Gasteiger charge is -2.00. The van der Waals surface area contributed by atoms with Crippen molar-refractivity contribution in [1.82, 2.24) is 30.4 Å². The number of esters is 1. The maximum Gasteiger partial charge on any atom is 0.378 e. The van der Waals surface area contributed by atoms with Crippen molar-refractivity contribution in [1.29, 1.82) is 0 Å². The molecule has 0 aromatic carbocycles. The van der Waals surface area contributed by atoms with E-state index in [-0.39, 0.29) is 19.0 Å². The summed E-state index contributed by atoms with van der Waals surface area (Å²) in [5.74, 6) is 0.121. The summed E-state index contributed by atoms with van der Waals surface area (Å²) in [7, 11) is 0. The van der Waals surface area contributed by atoms with Gasteiger partial charge in [-0.3, -0.25) is 0 Å². The van der Waals surface area contributed by atoms with Crippen molar-refractivity contribution in [2.45, 2.75) is 13.5 Å². The van der Waals surface area contributed by atoms with E-state index >= 15 is 0 Å². The zero-order chi connectivity index (χ0) is 14.7. The zero-order valence-corrected chi connectivity index (χ0v) is 11.8. The molecule has 0 N–H and O–H groups in total. The van der Waals surface area contributed by atoms with Gasteiger partial charge in [-0.1, -0.05) is 6.07 Å². The maximum atomic E-state index is 11.7. The number of carbonyl (C=O) groups excluding carboxylic acids is 1. The fourth-order valence-corrected chi connectivity index (χ4v) is 2.24. The Bertz CT molecular complexity index is 735. The standard InChI is InChI=1S/C11H10N6O3S/c1-2-19-11(18)9-13-15-16-17(9)6-8-12-14-10(20-8)7-4-3-5-21-7/h3-5H,2,6H2,1H3. The van der Waals surface area contributed by atoms with Crippen LogP contribution in [-0.4, -0.2) is 43.0 Å². The van der Waals surface area contributed by atoms with Gasteiger partial charge in [0.1, 0.15) is 6.54 Å². The summed E-state index contributed by atoms with van der Waals surface area (Å²) in [5, 5.41) is 20.6. The smallest absolute Gasteiger partial charge is 0.378 e. The van der Waals surface area contributed by atoms with Gasteiger partial charge in [0, 0.05) is 0 Å². The van der Waals surface area contributed by atoms with Crippen molar-refractivity contribution in [3.8, 4) is 10.8 Å². The third kappa shape index (κ3) is 2.79. The number of nitrogens with zero attached hydrogens (tertiary/aromatic N) is 6. The van der Waals surface area contributed by atoms with E-state index in [2.05, 4.69) is 25.7 Å². The molecule has 0 saturated carbocycles. The number of tetrazole rings is 1. The summed E-state index contributed by atoms with van der Waals surface area (Å²) in [6, 6.07) is 3.77. The summed E-state index contributed by atoms with van der Waals surface area (Å²) in [6.07, 6.45) is 0. The molecule has 9 nitrogen and oxygen atoms in total. The van der Waals surface area contributed by atoms with E-state index in [9.17, 15) is 4.79 Å². The summed E-state index contributed by atoms with van der Waals surface area (Å²) < 4.78 is 11.6. The highest BCUT2D eigenvalue weighted by Gasteiger charge is 2.19. The molecule has 21 heavy (non-hydrogen) atoms. The highest BCUT2D eigenvalue weighted by molar-refractivity contribution is 7.13. The molecule has 3 rings (SSSR count). The first-order valence-electron chi connectivity index (χ1n) is 6.07. The Labute approximate surface area is 122 Å². The van der Waals surface area contributed by atoms with Crippen LogP contribution in [0.3, 0.4) is 0 Å². The van der Waals surface area contributed by atoms with Crippen LogP contribution in [0.4, 0.5) is 0 Å². The van der Waals surface area contributed by atoms with Crippen LogP contribution in [0.25, 0.3) is 10.8 Å². The first kappa shape index (κ1) is 13.4. The van der Waals surface area contributed by atoms with Crippen molar-refractivity contribution in [2.75, 3.05) is 6.61 Å². The number of hydrogen-bond donors (Lipinski definition) is 0. The Morgan fingerprint density at radius 2 is 2.33 bits per heavy atom. The molecule has 10 heteroatoms. The number of rotatable bonds is 5. The van der Waals surface area contributed by atoms with Gasteiger partial charge in [0.2, 0.25) is 5.89 Å². The van der Waals surface area contributed by atoms with Crippen LogP contribution in [0.2, 0.25) is 0 Å². The maximum absolute atomic E-state index is 11.7. The van der Waals surface area contributed by atoms with Crippen LogP contribution in [0.1, 0.15) is 23.4 Å². The number of hydrogen-bond acceptors (Lipinski definition) is 9. The molecule has 3 aromatic heterocycles. The van der Waals surface area contributed by atoms with Gasteiger partial charge in [0.25, 0.3) is 11.7 Å². The average Bonchev–Trinajstić information content (AvgIpc) is 3.20. The SMILES string of the molecule is CCOC(=O)c1nnnn1Cc1nnc(-c2cccs2)o1. The van der Waals surface area contributed by atoms with E-state index in [0.29, 0.717) is 11.8 Å². The molecule has 0 aliphatic carbocycles. The Kier molecular flexibility index (Phi) is 3.69. The fraction of sp³-hybridized carbons (Fsp3) is 0.273. The molecule has 0 atom stereocenters. The van der Waals surface area contributed by atoms with Gasteiger partial charge in [-0.15, -0.1) is 26.6 Å². The van der Waals surface area contributed by atoms with Crippen LogP contribution in [0.15, 0.2) is 21.9 Å². The van der Waals surface area contributed by atoms with E-state index in [1.54, 1.807) is 6.92 Å². The van der Waals surface area contributed by atoms with Crippen LogP contribution in [-0.2, 0) is 11.3 Å². The minimum Gasteiger partial charge on any atom is -0.460 e. The van der Waals surface area contributed by atoms with E-state index in [1.165, 1.54) is 16.0 Å². The summed E-state index contributed by atoms with van der Waals surface area (Å²) in [5.41, 5.74) is 0. The molecule has 0 amide bonds. The molecule has 0 aliphatic heterocycles. The normalized spacial score (nSPS) is 10.7. The van der Waals surface area contributed by atoms with Crippen molar-refractivity contribution in [3.63, 3.8) is 0 Å². The molecule has 3 heterocycles. The van der Waals surface area contributed by atoms with E-state index in [0.717, 1.165) is 4.88 Å². The lowest BCUT2D eigenvalue weighted by Crippen LogP contribution is -2.15. The highest BCUT2D eigenvalue weighted by atomic mass is 32.1. The van der Waals surface area contributed by atoms with Gasteiger partial charge in [0.15, 0.2) is 0 Å². The summed E-state index contributed by atoms with van der Waals surface area (Å²) in [4.78, 5) is 12.5. The molecule has 0 fully saturated rings. The molecular weight excluding hydrogens is 296 g/mol. The second kappa shape index (κ2) is 5.79. The number of thiophene rings is 1. The van der Waals surface area contributed by atoms with Crippen LogP contribution < -0.4 is 0 Å². The molecular formula is C11H10N6O3S. The van der Waals surface area contributed by atoms with Gasteiger partial charge in [0.05, 0.1) is 11.5 Å². The van der Waals surface area contributed by atoms with Crippen molar-refractivity contribution < 1.29 is 13.9 Å². The summed E-state index contributed by atoms with van der Waals surface area (Å²) >= 11 is 1.49. The molecule has 0 spiro atoms. The van der Waals surface area contributed by atoms with E-state index < -0.39 is 5.97 Å². The van der Waals surface area contributed by atoms with Crippen LogP contribution >= 0.6 is 11.3 Å². The monoisotopic (exact) mass is 306 g/mol. The second-order valence-corrected chi connectivity index (χ2v) is 4.81. The minimum atomic E-state index is -0.597. The van der Waals surface area contributed by atoms with Crippen molar-refractivity contribution in [2.24, 2.45) is 0 Å². The molecule has 0 radical (unpaired) electrons. The Morgan fingerprint density at radius 1 is 1.43 bits per heavy atom. The van der Waals surface area contributed by atoms with Crippen LogP contribution in [0, 0.1) is 0 Å². The number of carbonyl (C=O) groups is 1. The van der Waals surface area contributed by atoms with E-state index in [1.807, 2.05) is 17.5 Å². The first-order valence-corrected chi connectivity index (χ1v) is 6.95. The predicted molar refractivity (Wildman–Crippen MR) is 70.5 cm³/mol. The van der Waals surface area contributed by atoms with Gasteiger partial charge >= 0.3 is 5.97 Å². The van der Waals surface area contributed by atoms with Gasteiger partial charge in [-0.25, -0.2) is 9.48 Å². The Hall–Kier alpha value is -2.62. The quantitative estimate of drug-likeness (QED) is 0.642. The highest BCUT2D eigenvalue weighted by Crippen LogP contribution is 2.23. The molecule has 0 unspecified atom stereocenters. The average molecular weight is 306 g/mol. The van der Waals surface area contributed by atoms with Crippen molar-refractivity contribution in [3.05, 3.63) is 29.2 Å². The third-order valence-electron chi connectivity index (χ3n) is 2.47. The largest absolute Gasteiger partial charge is 0.460 e. The molecule has 0 saturated heterocycles. The van der Waals surface area contributed by atoms with E-state index in [4.69, 9.17) is 9.15 Å². The Balaban J connectivity index is 1.79. The molecule has 0 bridgehead atoms. The van der Waals surface area contributed by atoms with Crippen molar-refractivity contribution >= 4 is 17.3 Å².